The van der Waals surface area contributed by atoms with Crippen molar-refractivity contribution in [3.8, 4) is 0 Å². The molecule has 0 aromatic heterocycles. The molecule has 0 spiro atoms. The maximum atomic E-state index is 10.1. The molecule has 7 heavy (non-hydrogen) atoms. The van der Waals surface area contributed by atoms with E-state index in [1.54, 1.807) is 0 Å². The molecule has 0 unspecified atom stereocenters. The van der Waals surface area contributed by atoms with Gasteiger partial charge < -0.3 is 0 Å². The van der Waals surface area contributed by atoms with Gasteiger partial charge in [-0.3, -0.25) is 0 Å². The molecule has 0 aliphatic heterocycles. The molecule has 0 aromatic rings. The Morgan fingerprint density at radius 2 is 2.29 bits per heavy atom. The summed E-state index contributed by atoms with van der Waals surface area (Å²) in [5.41, 5.74) is 0. The van der Waals surface area contributed by atoms with Gasteiger partial charge in [0.2, 0.25) is 0 Å². The molecule has 0 aliphatic rings. The first kappa shape index (κ1) is 7.33. The molecule has 0 atom stereocenters. The van der Waals surface area contributed by atoms with E-state index in [9.17, 15) is 4.79 Å². The molecule has 0 aliphatic carbocycles. The summed E-state index contributed by atoms with van der Waals surface area (Å²) in [6.45, 7) is 2.07. The molecule has 0 aromatic carbocycles. The molecule has 0 fully saturated rings. The molecule has 45 valence electrons. The predicted octanol–water partition coefficient (Wildman–Crippen LogP) is 1.25. The zero-order valence-electron chi connectivity index (χ0n) is 4.35. The Morgan fingerprint density at radius 3 is 2.43 bits per heavy atom. The minimum absolute atomic E-state index is 0.157. The molecule has 0 bridgehead atoms. The van der Waals surface area contributed by atoms with E-state index < -0.39 is 0 Å². The van der Waals surface area contributed by atoms with Gasteiger partial charge in [0, 0.05) is 0 Å². The second-order valence-corrected chi connectivity index (χ2v) is 2.29. The molecule has 0 rings (SSSR count). The van der Waals surface area contributed by atoms with Crippen LogP contribution in [0.5, 0.6) is 0 Å². The molecule has 0 heterocycles. The fourth-order valence-corrected chi connectivity index (χ4v) is 0.580. The molecule has 2 heteroatoms. The maximum absolute atomic E-state index is 10.1. The third-order valence-electron chi connectivity index (χ3n) is 0.711. The van der Waals surface area contributed by atoms with Crippen LogP contribution in [-0.2, 0) is 24.0 Å². The van der Waals surface area contributed by atoms with Crippen LogP contribution in [0.25, 0.3) is 0 Å². The summed E-state index contributed by atoms with van der Waals surface area (Å²) in [4.78, 5) is 10.1. The van der Waals surface area contributed by atoms with Crippen molar-refractivity contribution in [3.05, 3.63) is 0 Å². The number of unbranched alkanes of at least 4 members (excludes halogenated alkanes) is 1. The SMILES string of the molecule is CCCC[C](=O)[Pd]. The van der Waals surface area contributed by atoms with Gasteiger partial charge >= 0.3 is 54.4 Å². The summed E-state index contributed by atoms with van der Waals surface area (Å²) in [5.74, 6) is 0. The molecule has 0 saturated heterocycles. The number of rotatable bonds is 3. The summed E-state index contributed by atoms with van der Waals surface area (Å²) >= 11 is 2.60. The van der Waals surface area contributed by atoms with Crippen LogP contribution in [0.1, 0.15) is 26.2 Å². The van der Waals surface area contributed by atoms with Gasteiger partial charge in [-0.15, -0.1) is 0 Å². The first-order valence-corrected chi connectivity index (χ1v) is 3.20. The fraction of sp³-hybridized carbons (Fsp3) is 0.800. The first-order valence-electron chi connectivity index (χ1n) is 2.42. The summed E-state index contributed by atoms with van der Waals surface area (Å²) in [7, 11) is 0. The van der Waals surface area contributed by atoms with Crippen molar-refractivity contribution in [2.45, 2.75) is 26.2 Å². The Kier molecular flexibility index (Phi) is 4.70. The van der Waals surface area contributed by atoms with E-state index in [0.29, 0.717) is 6.42 Å². The van der Waals surface area contributed by atoms with Gasteiger partial charge in [0.25, 0.3) is 0 Å². The van der Waals surface area contributed by atoms with Crippen LogP contribution in [0.15, 0.2) is 0 Å². The Bertz CT molecular complexity index is 61.1. The van der Waals surface area contributed by atoms with Crippen molar-refractivity contribution >= 4 is 4.26 Å². The molecule has 0 N–H and O–H groups in total. The summed E-state index contributed by atoms with van der Waals surface area (Å²) in [6, 6.07) is 0. The number of carbonyl (C=O) groups excluding carboxylic acids is 1. The minimum atomic E-state index is 0.157. The molecular formula is C5H9OPd. The quantitative estimate of drug-likeness (QED) is 0.614. The summed E-state index contributed by atoms with van der Waals surface area (Å²) < 4.78 is 0.157. The zero-order valence-corrected chi connectivity index (χ0v) is 5.90. The monoisotopic (exact) mass is 191 g/mol. The first-order chi connectivity index (χ1) is 3.27. The average Bonchev–Trinajstić information content (AvgIpc) is 1.61. The van der Waals surface area contributed by atoms with Crippen molar-refractivity contribution in [2.24, 2.45) is 0 Å². The van der Waals surface area contributed by atoms with Crippen LogP contribution in [-0.4, -0.2) is 4.26 Å². The number of hydrogen-bond acceptors (Lipinski definition) is 1. The van der Waals surface area contributed by atoms with Crippen LogP contribution in [0.4, 0.5) is 0 Å². The predicted molar refractivity (Wildman–Crippen MR) is 24.5 cm³/mol. The van der Waals surface area contributed by atoms with Crippen LogP contribution in [0, 0.1) is 0 Å². The molecule has 0 radical (unpaired) electrons. The Balaban J connectivity index is 2.82. The van der Waals surface area contributed by atoms with Gasteiger partial charge in [0.05, 0.1) is 0 Å². The van der Waals surface area contributed by atoms with Crippen molar-refractivity contribution in [1.82, 2.24) is 0 Å². The van der Waals surface area contributed by atoms with Gasteiger partial charge in [-0.2, -0.15) is 0 Å². The molecular weight excluding hydrogens is 182 g/mol. The van der Waals surface area contributed by atoms with Crippen molar-refractivity contribution in [3.63, 3.8) is 0 Å². The standard InChI is InChI=1S/C5H9O.Pd/c1-2-3-4-5-6;/h2-4H2,1H3;. The van der Waals surface area contributed by atoms with Gasteiger partial charge in [0.1, 0.15) is 0 Å². The van der Waals surface area contributed by atoms with Crippen LogP contribution in [0.2, 0.25) is 0 Å². The summed E-state index contributed by atoms with van der Waals surface area (Å²) in [5, 5.41) is 0. The Morgan fingerprint density at radius 1 is 1.71 bits per heavy atom. The number of hydrogen-bond donors (Lipinski definition) is 0. The third kappa shape index (κ3) is 6.33. The molecule has 0 amide bonds. The van der Waals surface area contributed by atoms with Crippen LogP contribution < -0.4 is 0 Å². The summed E-state index contributed by atoms with van der Waals surface area (Å²) in [6.07, 6.45) is 2.81. The van der Waals surface area contributed by atoms with Crippen LogP contribution >= 0.6 is 0 Å². The van der Waals surface area contributed by atoms with Crippen molar-refractivity contribution < 1.29 is 24.0 Å². The molecule has 0 saturated carbocycles. The topological polar surface area (TPSA) is 17.1 Å². The fourth-order valence-electron chi connectivity index (χ4n) is 0.305. The van der Waals surface area contributed by atoms with Gasteiger partial charge in [-0.05, 0) is 0 Å². The molecule has 1 nitrogen and oxygen atoms in total. The van der Waals surface area contributed by atoms with E-state index in [4.69, 9.17) is 0 Å². The average molecular weight is 192 g/mol. The van der Waals surface area contributed by atoms with E-state index in [-0.39, 0.29) is 4.26 Å². The zero-order chi connectivity index (χ0) is 5.70. The van der Waals surface area contributed by atoms with E-state index in [1.165, 1.54) is 0 Å². The van der Waals surface area contributed by atoms with E-state index in [1.807, 2.05) is 0 Å². The normalized spacial score (nSPS) is 9.00. The second kappa shape index (κ2) is 4.49. The third-order valence-corrected chi connectivity index (χ3v) is 1.10. The van der Waals surface area contributed by atoms with Crippen LogP contribution in [0.3, 0.4) is 0 Å². The van der Waals surface area contributed by atoms with Gasteiger partial charge in [-0.1, -0.05) is 0 Å². The Hall–Kier alpha value is 0.332. The van der Waals surface area contributed by atoms with Gasteiger partial charge in [0.15, 0.2) is 0 Å². The number of carbonyl (C=O) groups is 1. The van der Waals surface area contributed by atoms with Crippen molar-refractivity contribution in [1.29, 1.82) is 0 Å². The van der Waals surface area contributed by atoms with E-state index in [2.05, 4.69) is 26.1 Å². The second-order valence-electron chi connectivity index (χ2n) is 1.42. The van der Waals surface area contributed by atoms with Gasteiger partial charge in [-0.25, -0.2) is 0 Å². The van der Waals surface area contributed by atoms with Crippen molar-refractivity contribution in [2.75, 3.05) is 0 Å². The van der Waals surface area contributed by atoms with E-state index >= 15 is 0 Å². The Labute approximate surface area is 54.9 Å². The van der Waals surface area contributed by atoms with E-state index in [0.717, 1.165) is 12.8 Å².